The van der Waals surface area contributed by atoms with E-state index in [4.69, 9.17) is 0 Å². The van der Waals surface area contributed by atoms with Crippen molar-refractivity contribution >= 4 is 23.1 Å². The van der Waals surface area contributed by atoms with Crippen molar-refractivity contribution in [3.63, 3.8) is 0 Å². The standard InChI is InChI=1S/C38H52O6/c1-22(2)11-13-27(25(7)8)20-37-21-28(15-12-23(3)4)36(9,10)38(35(37)44,18-17-24(5)6)34(43)31(33(37)42)32(41)26-14-16-29(39)30(40)19-26/h11-12,14,16-17,19,25,27-28,39-41H,13,15,18,20-21H2,1-10H3/t27-,28?,37-,38+/m1/s1. The van der Waals surface area contributed by atoms with Gasteiger partial charge in [0.25, 0.3) is 0 Å². The van der Waals surface area contributed by atoms with Crippen LogP contribution in [0, 0.1) is 34.0 Å². The van der Waals surface area contributed by atoms with Gasteiger partial charge in [-0.15, -0.1) is 0 Å². The van der Waals surface area contributed by atoms with Gasteiger partial charge in [0.2, 0.25) is 0 Å². The van der Waals surface area contributed by atoms with Gasteiger partial charge in [-0.05, 0) is 115 Å². The predicted molar refractivity (Wildman–Crippen MR) is 176 cm³/mol. The van der Waals surface area contributed by atoms with Crippen LogP contribution < -0.4 is 0 Å². The largest absolute Gasteiger partial charge is 0.506 e. The van der Waals surface area contributed by atoms with Crippen LogP contribution >= 0.6 is 0 Å². The van der Waals surface area contributed by atoms with Gasteiger partial charge in [-0.2, -0.15) is 0 Å². The minimum Gasteiger partial charge on any atom is -0.506 e. The number of aliphatic hydroxyl groups excluding tert-OH is 1. The van der Waals surface area contributed by atoms with E-state index in [1.807, 2.05) is 61.5 Å². The van der Waals surface area contributed by atoms with Crippen LogP contribution in [0.1, 0.15) is 107 Å². The van der Waals surface area contributed by atoms with Crippen LogP contribution in [0.3, 0.4) is 0 Å². The van der Waals surface area contributed by atoms with Crippen molar-refractivity contribution in [3.8, 4) is 11.5 Å². The SMILES string of the molecule is CC(C)=CCC1C[C@]2(C[C@@H](CC=C(C)C)C(C)C)C(=O)C(=C(O)c3ccc(O)c(O)c3)C(=O)[C@@](CC=C(C)C)(C2=O)C1(C)C. The molecule has 3 N–H and O–H groups in total. The van der Waals surface area contributed by atoms with Crippen LogP contribution in [-0.4, -0.2) is 32.7 Å². The molecule has 1 unspecified atom stereocenters. The highest BCUT2D eigenvalue weighted by atomic mass is 16.3. The molecule has 0 saturated heterocycles. The van der Waals surface area contributed by atoms with Gasteiger partial charge >= 0.3 is 0 Å². The number of rotatable bonds is 10. The van der Waals surface area contributed by atoms with Gasteiger partial charge in [0, 0.05) is 5.56 Å². The van der Waals surface area contributed by atoms with E-state index in [9.17, 15) is 24.9 Å². The Kier molecular flexibility index (Phi) is 10.3. The maximum absolute atomic E-state index is 15.2. The minimum atomic E-state index is -1.59. The Bertz CT molecular complexity index is 1440. The van der Waals surface area contributed by atoms with E-state index in [0.29, 0.717) is 12.8 Å². The molecule has 1 aromatic carbocycles. The Labute approximate surface area is 263 Å². The fraction of sp³-hybridized carbons (Fsp3) is 0.553. The molecule has 2 aliphatic carbocycles. The molecule has 0 amide bonds. The highest BCUT2D eigenvalue weighted by Gasteiger charge is 2.74. The minimum absolute atomic E-state index is 0.0152. The molecule has 44 heavy (non-hydrogen) atoms. The molecule has 0 heterocycles. The number of Topliss-reactive ketones (excluding diaryl/α,β-unsaturated/α-hetero) is 3. The van der Waals surface area contributed by atoms with Crippen LogP contribution in [0.2, 0.25) is 0 Å². The molecule has 3 rings (SSSR count). The summed E-state index contributed by atoms with van der Waals surface area (Å²) >= 11 is 0. The molecular weight excluding hydrogens is 552 g/mol. The number of hydrogen-bond acceptors (Lipinski definition) is 6. The summed E-state index contributed by atoms with van der Waals surface area (Å²) in [6, 6.07) is 3.69. The van der Waals surface area contributed by atoms with E-state index in [0.717, 1.165) is 22.8 Å². The highest BCUT2D eigenvalue weighted by molar-refractivity contribution is 6.41. The van der Waals surface area contributed by atoms with Gasteiger partial charge in [0.05, 0.1) is 5.41 Å². The predicted octanol–water partition coefficient (Wildman–Crippen LogP) is 8.84. The first-order valence-electron chi connectivity index (χ1n) is 15.8. The molecule has 0 radical (unpaired) electrons. The number of hydrogen-bond donors (Lipinski definition) is 3. The number of aliphatic hydroxyl groups is 1. The van der Waals surface area contributed by atoms with Crippen molar-refractivity contribution in [2.45, 2.75) is 101 Å². The van der Waals surface area contributed by atoms with Crippen molar-refractivity contribution in [1.29, 1.82) is 0 Å². The summed E-state index contributed by atoms with van der Waals surface area (Å²) in [6.45, 7) is 20.1. The molecule has 2 fully saturated rings. The van der Waals surface area contributed by atoms with E-state index in [2.05, 4.69) is 26.0 Å². The molecule has 0 aromatic heterocycles. The van der Waals surface area contributed by atoms with Crippen LogP contribution in [0.4, 0.5) is 0 Å². The summed E-state index contributed by atoms with van der Waals surface area (Å²) in [5.74, 6) is -3.08. The first kappa shape index (κ1) is 35.1. The van der Waals surface area contributed by atoms with Crippen LogP contribution in [0.15, 0.2) is 58.7 Å². The molecule has 4 atom stereocenters. The van der Waals surface area contributed by atoms with E-state index >= 15 is 4.79 Å². The quantitative estimate of drug-likeness (QED) is 0.0614. The molecule has 240 valence electrons. The summed E-state index contributed by atoms with van der Waals surface area (Å²) in [7, 11) is 0. The lowest BCUT2D eigenvalue weighted by Crippen LogP contribution is -2.70. The Morgan fingerprint density at radius 1 is 0.886 bits per heavy atom. The van der Waals surface area contributed by atoms with Gasteiger partial charge in [-0.1, -0.05) is 62.6 Å². The van der Waals surface area contributed by atoms with Gasteiger partial charge in [0.15, 0.2) is 28.8 Å². The second-order valence-electron chi connectivity index (χ2n) is 14.8. The number of benzene rings is 1. The third-order valence-electron chi connectivity index (χ3n) is 10.3. The number of carbonyl (C=O) groups is 3. The fourth-order valence-corrected chi connectivity index (χ4v) is 7.25. The summed E-state index contributed by atoms with van der Waals surface area (Å²) in [5.41, 5.74) is -1.06. The number of phenols is 2. The average molecular weight is 605 g/mol. The maximum Gasteiger partial charge on any atom is 0.184 e. The Morgan fingerprint density at radius 2 is 1.48 bits per heavy atom. The van der Waals surface area contributed by atoms with Crippen LogP contribution in [0.25, 0.3) is 5.76 Å². The Balaban J connectivity index is 2.46. The molecule has 6 heteroatoms. The number of allylic oxidation sites excluding steroid dienone is 7. The molecule has 2 saturated carbocycles. The van der Waals surface area contributed by atoms with Gasteiger partial charge in [-0.3, -0.25) is 14.4 Å². The number of phenolic OH excluding ortho intramolecular Hbond substituents is 2. The molecule has 6 nitrogen and oxygen atoms in total. The van der Waals surface area contributed by atoms with Crippen molar-refractivity contribution in [2.24, 2.45) is 34.0 Å². The second kappa shape index (κ2) is 12.9. The molecule has 0 spiro atoms. The third-order valence-corrected chi connectivity index (χ3v) is 10.3. The Morgan fingerprint density at radius 3 is 2.00 bits per heavy atom. The van der Waals surface area contributed by atoms with E-state index in [1.165, 1.54) is 12.1 Å². The van der Waals surface area contributed by atoms with Crippen LogP contribution in [0.5, 0.6) is 11.5 Å². The number of carbonyl (C=O) groups excluding carboxylic acids is 3. The van der Waals surface area contributed by atoms with Gasteiger partial charge in [-0.25, -0.2) is 0 Å². The van der Waals surface area contributed by atoms with E-state index in [-0.39, 0.29) is 53.9 Å². The first-order valence-corrected chi connectivity index (χ1v) is 15.8. The highest BCUT2D eigenvalue weighted by Crippen LogP contribution is 2.66. The zero-order chi connectivity index (χ0) is 33.4. The molecular formula is C38H52O6. The number of aromatic hydroxyl groups is 2. The van der Waals surface area contributed by atoms with Crippen molar-refractivity contribution < 1.29 is 29.7 Å². The molecule has 2 aliphatic rings. The van der Waals surface area contributed by atoms with E-state index < -0.39 is 45.1 Å². The lowest BCUT2D eigenvalue weighted by molar-refractivity contribution is -0.177. The smallest absolute Gasteiger partial charge is 0.184 e. The summed E-state index contributed by atoms with van der Waals surface area (Å²) in [5, 5.41) is 31.8. The normalized spacial score (nSPS) is 26.2. The molecule has 0 aliphatic heterocycles. The monoisotopic (exact) mass is 604 g/mol. The van der Waals surface area contributed by atoms with Gasteiger partial charge < -0.3 is 15.3 Å². The number of ketones is 3. The van der Waals surface area contributed by atoms with E-state index in [1.54, 1.807) is 0 Å². The summed E-state index contributed by atoms with van der Waals surface area (Å²) in [6.07, 6.45) is 8.17. The molecule has 1 aromatic rings. The van der Waals surface area contributed by atoms with Crippen LogP contribution in [-0.2, 0) is 14.4 Å². The zero-order valence-corrected chi connectivity index (χ0v) is 28.3. The summed E-state index contributed by atoms with van der Waals surface area (Å²) in [4.78, 5) is 45.0. The van der Waals surface area contributed by atoms with Crippen molar-refractivity contribution in [1.82, 2.24) is 0 Å². The van der Waals surface area contributed by atoms with Crippen molar-refractivity contribution in [2.75, 3.05) is 0 Å². The lowest BCUT2D eigenvalue weighted by Gasteiger charge is -2.61. The fourth-order valence-electron chi connectivity index (χ4n) is 7.25. The second-order valence-corrected chi connectivity index (χ2v) is 14.8. The first-order chi connectivity index (χ1) is 20.3. The maximum atomic E-state index is 15.2. The zero-order valence-electron chi connectivity index (χ0n) is 28.3. The van der Waals surface area contributed by atoms with Gasteiger partial charge in [0.1, 0.15) is 16.7 Å². The third kappa shape index (κ3) is 6.09. The lowest BCUT2D eigenvalue weighted by atomic mass is 9.38. The Hall–Kier alpha value is -3.41. The molecule has 2 bridgehead atoms. The summed E-state index contributed by atoms with van der Waals surface area (Å²) < 4.78 is 0. The topological polar surface area (TPSA) is 112 Å². The van der Waals surface area contributed by atoms with Crippen molar-refractivity contribution in [3.05, 3.63) is 64.3 Å². The average Bonchev–Trinajstić information content (AvgIpc) is 2.91. The number of fused-ring (bicyclic) bond motifs is 2.